The van der Waals surface area contributed by atoms with Gasteiger partial charge in [0.2, 0.25) is 11.8 Å². The SMILES string of the molecule is NNc1nc(Oc2ccc(Cl)c(Cl)c2)c2cn[nH]c2n1. The Morgan fingerprint density at radius 3 is 2.80 bits per heavy atom. The summed E-state index contributed by atoms with van der Waals surface area (Å²) < 4.78 is 5.68. The first-order chi connectivity index (χ1) is 9.67. The number of nitrogens with zero attached hydrogens (tertiary/aromatic N) is 3. The number of fused-ring (bicyclic) bond motifs is 1. The number of hydrogen-bond donors (Lipinski definition) is 3. The molecule has 2 heterocycles. The number of hydrogen-bond acceptors (Lipinski definition) is 6. The molecule has 0 unspecified atom stereocenters. The van der Waals surface area contributed by atoms with Crippen molar-refractivity contribution < 1.29 is 4.74 Å². The minimum Gasteiger partial charge on any atom is -0.438 e. The molecule has 7 nitrogen and oxygen atoms in total. The maximum atomic E-state index is 5.94. The van der Waals surface area contributed by atoms with Gasteiger partial charge in [0.25, 0.3) is 0 Å². The number of aromatic amines is 1. The summed E-state index contributed by atoms with van der Waals surface area (Å²) in [5.74, 6) is 6.31. The van der Waals surface area contributed by atoms with E-state index in [-0.39, 0.29) is 5.95 Å². The predicted molar refractivity (Wildman–Crippen MR) is 76.0 cm³/mol. The molecule has 0 spiro atoms. The van der Waals surface area contributed by atoms with E-state index in [1.54, 1.807) is 24.4 Å². The number of nitrogens with one attached hydrogen (secondary N) is 2. The summed E-state index contributed by atoms with van der Waals surface area (Å²) in [5.41, 5.74) is 2.86. The summed E-state index contributed by atoms with van der Waals surface area (Å²) in [5, 5.41) is 8.06. The van der Waals surface area contributed by atoms with Crippen molar-refractivity contribution in [3.8, 4) is 11.6 Å². The molecule has 20 heavy (non-hydrogen) atoms. The number of aromatic nitrogens is 4. The highest BCUT2D eigenvalue weighted by molar-refractivity contribution is 6.42. The van der Waals surface area contributed by atoms with Gasteiger partial charge in [-0.1, -0.05) is 23.2 Å². The molecule has 0 aliphatic rings. The Kier molecular flexibility index (Phi) is 3.31. The van der Waals surface area contributed by atoms with Crippen LogP contribution in [0.1, 0.15) is 0 Å². The number of hydrazine groups is 1. The summed E-state index contributed by atoms with van der Waals surface area (Å²) in [6.07, 6.45) is 1.56. The van der Waals surface area contributed by atoms with Gasteiger partial charge in [-0.2, -0.15) is 15.1 Å². The smallest absolute Gasteiger partial charge is 0.242 e. The first kappa shape index (κ1) is 12.9. The van der Waals surface area contributed by atoms with Gasteiger partial charge in [0.1, 0.15) is 11.1 Å². The number of ether oxygens (including phenoxy) is 1. The lowest BCUT2D eigenvalue weighted by atomic mass is 10.3. The molecule has 2 aromatic heterocycles. The molecule has 0 saturated heterocycles. The van der Waals surface area contributed by atoms with Gasteiger partial charge in [-0.15, -0.1) is 0 Å². The molecule has 0 aliphatic carbocycles. The monoisotopic (exact) mass is 310 g/mol. The van der Waals surface area contributed by atoms with Crippen LogP contribution in [-0.2, 0) is 0 Å². The van der Waals surface area contributed by atoms with Crippen LogP contribution in [-0.4, -0.2) is 20.2 Å². The number of nitrogen functional groups attached to an aromatic ring is 1. The molecule has 0 aliphatic heterocycles. The van der Waals surface area contributed by atoms with Crippen molar-refractivity contribution in [2.45, 2.75) is 0 Å². The van der Waals surface area contributed by atoms with Gasteiger partial charge in [-0.05, 0) is 12.1 Å². The lowest BCUT2D eigenvalue weighted by Crippen LogP contribution is -2.10. The standard InChI is InChI=1S/C11H8Cl2N6O/c12-7-2-1-5(3-8(7)13)20-10-6-4-15-19-9(6)16-11(17-10)18-14/h1-4H,14H2,(H2,15,16,17,18,19). The van der Waals surface area contributed by atoms with Crippen LogP contribution >= 0.6 is 23.2 Å². The quantitative estimate of drug-likeness (QED) is 0.508. The molecule has 0 bridgehead atoms. The molecule has 0 saturated carbocycles. The fourth-order valence-corrected chi connectivity index (χ4v) is 1.89. The molecular weight excluding hydrogens is 303 g/mol. The van der Waals surface area contributed by atoms with E-state index in [1.807, 2.05) is 0 Å². The van der Waals surface area contributed by atoms with Crippen molar-refractivity contribution >= 4 is 40.2 Å². The highest BCUT2D eigenvalue weighted by atomic mass is 35.5. The van der Waals surface area contributed by atoms with Gasteiger partial charge in [-0.25, -0.2) is 5.84 Å². The first-order valence-electron chi connectivity index (χ1n) is 5.48. The summed E-state index contributed by atoms with van der Waals surface area (Å²) in [6, 6.07) is 4.90. The zero-order valence-corrected chi connectivity index (χ0v) is 11.4. The molecule has 0 atom stereocenters. The van der Waals surface area contributed by atoms with E-state index < -0.39 is 0 Å². The Morgan fingerprint density at radius 1 is 1.20 bits per heavy atom. The van der Waals surface area contributed by atoms with Crippen molar-refractivity contribution in [1.82, 2.24) is 20.2 Å². The Hall–Kier alpha value is -2.09. The van der Waals surface area contributed by atoms with E-state index >= 15 is 0 Å². The zero-order chi connectivity index (χ0) is 14.1. The molecule has 1 aromatic carbocycles. The van der Waals surface area contributed by atoms with E-state index in [1.165, 1.54) is 0 Å². The molecule has 9 heteroatoms. The van der Waals surface area contributed by atoms with Crippen molar-refractivity contribution in [2.24, 2.45) is 5.84 Å². The minimum atomic E-state index is 0.205. The number of nitrogens with two attached hydrogens (primary N) is 1. The van der Waals surface area contributed by atoms with Gasteiger partial charge in [-0.3, -0.25) is 10.5 Å². The van der Waals surface area contributed by atoms with Crippen molar-refractivity contribution in [2.75, 3.05) is 5.43 Å². The molecule has 3 aromatic rings. The van der Waals surface area contributed by atoms with E-state index in [0.717, 1.165) is 0 Å². The maximum Gasteiger partial charge on any atom is 0.242 e. The summed E-state index contributed by atoms with van der Waals surface area (Å²) in [7, 11) is 0. The number of benzene rings is 1. The average molecular weight is 311 g/mol. The first-order valence-corrected chi connectivity index (χ1v) is 6.23. The summed E-state index contributed by atoms with van der Waals surface area (Å²) in [6.45, 7) is 0. The maximum absolute atomic E-state index is 5.94. The third-order valence-corrected chi connectivity index (χ3v) is 3.25. The van der Waals surface area contributed by atoms with Crippen LogP contribution in [0, 0.1) is 0 Å². The molecule has 0 fully saturated rings. The second-order valence-electron chi connectivity index (χ2n) is 3.81. The summed E-state index contributed by atoms with van der Waals surface area (Å²) in [4.78, 5) is 8.23. The topological polar surface area (TPSA) is 102 Å². The lowest BCUT2D eigenvalue weighted by Gasteiger charge is -2.07. The normalized spacial score (nSPS) is 10.8. The van der Waals surface area contributed by atoms with Crippen LogP contribution < -0.4 is 16.0 Å². The Morgan fingerprint density at radius 2 is 2.05 bits per heavy atom. The fourth-order valence-electron chi connectivity index (χ4n) is 1.60. The van der Waals surface area contributed by atoms with Gasteiger partial charge >= 0.3 is 0 Å². The zero-order valence-electron chi connectivity index (χ0n) is 9.89. The van der Waals surface area contributed by atoms with Crippen LogP contribution in [0.25, 0.3) is 11.0 Å². The van der Waals surface area contributed by atoms with E-state index in [9.17, 15) is 0 Å². The Labute approximate surface area is 123 Å². The van der Waals surface area contributed by atoms with Crippen LogP contribution in [0.5, 0.6) is 11.6 Å². The Balaban J connectivity index is 2.04. The second-order valence-corrected chi connectivity index (χ2v) is 4.62. The van der Waals surface area contributed by atoms with Crippen LogP contribution in [0.4, 0.5) is 5.95 Å². The van der Waals surface area contributed by atoms with Crippen molar-refractivity contribution in [3.63, 3.8) is 0 Å². The van der Waals surface area contributed by atoms with Gasteiger partial charge in [0.05, 0.1) is 16.2 Å². The largest absolute Gasteiger partial charge is 0.438 e. The highest BCUT2D eigenvalue weighted by Crippen LogP contribution is 2.31. The van der Waals surface area contributed by atoms with Crippen LogP contribution in [0.15, 0.2) is 24.4 Å². The van der Waals surface area contributed by atoms with E-state index in [2.05, 4.69) is 25.6 Å². The van der Waals surface area contributed by atoms with E-state index in [4.69, 9.17) is 33.8 Å². The molecule has 4 N–H and O–H groups in total. The predicted octanol–water partition coefficient (Wildman–Crippen LogP) is 2.74. The second kappa shape index (κ2) is 5.12. The molecule has 102 valence electrons. The molecule has 0 radical (unpaired) electrons. The third-order valence-electron chi connectivity index (χ3n) is 2.51. The highest BCUT2D eigenvalue weighted by Gasteiger charge is 2.12. The van der Waals surface area contributed by atoms with Crippen LogP contribution in [0.2, 0.25) is 10.0 Å². The average Bonchev–Trinajstić information content (AvgIpc) is 2.91. The molecular formula is C11H8Cl2N6O. The number of anilines is 1. The molecule has 0 amide bonds. The van der Waals surface area contributed by atoms with Gasteiger partial charge in [0, 0.05) is 6.07 Å². The number of halogens is 2. The Bertz CT molecular complexity index is 775. The lowest BCUT2D eigenvalue weighted by molar-refractivity contribution is 0.469. The van der Waals surface area contributed by atoms with Gasteiger partial charge < -0.3 is 4.74 Å². The van der Waals surface area contributed by atoms with Gasteiger partial charge in [0.15, 0.2) is 5.65 Å². The molecule has 3 rings (SSSR count). The van der Waals surface area contributed by atoms with E-state index in [0.29, 0.717) is 32.7 Å². The fraction of sp³-hybridized carbons (Fsp3) is 0. The number of rotatable bonds is 3. The van der Waals surface area contributed by atoms with Crippen molar-refractivity contribution in [3.05, 3.63) is 34.4 Å². The minimum absolute atomic E-state index is 0.205. The number of H-pyrrole nitrogens is 1. The van der Waals surface area contributed by atoms with Crippen LogP contribution in [0.3, 0.4) is 0 Å². The van der Waals surface area contributed by atoms with Crippen molar-refractivity contribution in [1.29, 1.82) is 0 Å². The summed E-state index contributed by atoms with van der Waals surface area (Å²) >= 11 is 11.8. The third kappa shape index (κ3) is 2.34.